The Kier molecular flexibility index (Phi) is 19.7. The third-order valence-corrected chi connectivity index (χ3v) is 11.5. The Labute approximate surface area is 347 Å². The zero-order valence-corrected chi connectivity index (χ0v) is 35.7. The van der Waals surface area contributed by atoms with Crippen LogP contribution in [0.5, 0.6) is 11.5 Å². The lowest BCUT2D eigenvalue weighted by Gasteiger charge is -2.32. The quantitative estimate of drug-likeness (QED) is 0.0826. The van der Waals surface area contributed by atoms with Gasteiger partial charge in [-0.05, 0) is 62.6 Å². The number of carbonyl (C=O) groups excluding carboxylic acids is 5. The molecule has 5 atom stereocenters. The molecule has 0 aliphatic carbocycles. The Morgan fingerprint density at radius 1 is 0.915 bits per heavy atom. The van der Waals surface area contributed by atoms with E-state index < -0.39 is 70.5 Å². The van der Waals surface area contributed by atoms with Crippen molar-refractivity contribution < 1.29 is 47.0 Å². The zero-order chi connectivity index (χ0) is 43.7. The molecule has 0 saturated carbocycles. The average molecular weight is 846 g/mol. The van der Waals surface area contributed by atoms with Crippen LogP contribution < -0.4 is 41.6 Å². The molecule has 18 heteroatoms. The molecule has 2 aromatic rings. The monoisotopic (exact) mass is 845 g/mol. The lowest BCUT2D eigenvalue weighted by molar-refractivity contribution is -0.142. The highest BCUT2D eigenvalue weighted by Crippen LogP contribution is 2.40. The van der Waals surface area contributed by atoms with Gasteiger partial charge < -0.3 is 46.9 Å². The van der Waals surface area contributed by atoms with E-state index in [9.17, 15) is 37.5 Å². The first-order chi connectivity index (χ1) is 28.1. The van der Waals surface area contributed by atoms with Gasteiger partial charge in [-0.15, -0.1) is 0 Å². The van der Waals surface area contributed by atoms with Gasteiger partial charge in [0.15, 0.2) is 5.78 Å². The smallest absolute Gasteiger partial charge is 0.248 e. The van der Waals surface area contributed by atoms with Crippen molar-refractivity contribution in [3.63, 3.8) is 0 Å². The number of likely N-dealkylation sites (N-methyl/N-ethyl adjacent to an activating group) is 1. The van der Waals surface area contributed by atoms with Crippen LogP contribution in [0.1, 0.15) is 89.8 Å². The number of benzene rings is 2. The summed E-state index contributed by atoms with van der Waals surface area (Å²) in [7, 11) is -2.73. The maximum atomic E-state index is 14.3. The van der Waals surface area contributed by atoms with Gasteiger partial charge in [0.05, 0.1) is 18.4 Å². The van der Waals surface area contributed by atoms with E-state index in [0.29, 0.717) is 41.0 Å². The second-order valence-electron chi connectivity index (χ2n) is 14.8. The van der Waals surface area contributed by atoms with Crippen molar-refractivity contribution in [1.29, 1.82) is 0 Å². The van der Waals surface area contributed by atoms with Gasteiger partial charge >= 0.3 is 0 Å². The number of ether oxygens (including phenoxy) is 2. The van der Waals surface area contributed by atoms with Gasteiger partial charge in [-0.3, -0.25) is 24.0 Å². The number of rotatable bonds is 22. The summed E-state index contributed by atoms with van der Waals surface area (Å²) in [4.78, 5) is 68.7. The predicted molar refractivity (Wildman–Crippen MR) is 224 cm³/mol. The fourth-order valence-corrected chi connectivity index (χ4v) is 7.87. The Bertz CT molecular complexity index is 1860. The zero-order valence-electron chi connectivity index (χ0n) is 34.9. The predicted octanol–water partition coefficient (Wildman–Crippen LogP) is 1.20. The van der Waals surface area contributed by atoms with Crippen LogP contribution in [-0.2, 0) is 40.4 Å². The van der Waals surface area contributed by atoms with Crippen molar-refractivity contribution in [3.8, 4) is 22.6 Å². The van der Waals surface area contributed by atoms with Gasteiger partial charge in [0.2, 0.25) is 33.7 Å². The van der Waals surface area contributed by atoms with Crippen LogP contribution in [-0.4, -0.2) is 118 Å². The van der Waals surface area contributed by atoms with Crippen LogP contribution in [0.3, 0.4) is 0 Å². The van der Waals surface area contributed by atoms with E-state index in [1.165, 1.54) is 27.8 Å². The molecule has 17 nitrogen and oxygen atoms in total. The molecular formula is C41H63N7O10S. The number of aliphatic hydroxyl groups excluding tert-OH is 1. The summed E-state index contributed by atoms with van der Waals surface area (Å²) in [6.07, 6.45) is 6.20. The van der Waals surface area contributed by atoms with Gasteiger partial charge in [0.25, 0.3) is 0 Å². The molecule has 0 saturated heterocycles. The lowest BCUT2D eigenvalue weighted by atomic mass is 9.93. The molecule has 0 aromatic heterocycles. The van der Waals surface area contributed by atoms with Gasteiger partial charge in [-0.1, -0.05) is 57.6 Å². The number of ketones is 1. The van der Waals surface area contributed by atoms with Crippen molar-refractivity contribution in [3.05, 3.63) is 47.5 Å². The van der Waals surface area contributed by atoms with Crippen molar-refractivity contribution in [2.75, 3.05) is 45.7 Å². The van der Waals surface area contributed by atoms with Crippen molar-refractivity contribution >= 4 is 39.4 Å². The third-order valence-electron chi connectivity index (χ3n) is 10.0. The maximum absolute atomic E-state index is 14.3. The van der Waals surface area contributed by atoms with Crippen LogP contribution in [0.25, 0.3) is 11.1 Å². The van der Waals surface area contributed by atoms with E-state index in [4.69, 9.17) is 20.9 Å². The molecule has 1 aliphatic heterocycles. The van der Waals surface area contributed by atoms with Gasteiger partial charge in [0.1, 0.15) is 48.9 Å². The Hall–Kier alpha value is -4.62. The number of hydrogen-bond acceptors (Lipinski definition) is 12. The topological polar surface area (TPSA) is 262 Å². The first-order valence-electron chi connectivity index (χ1n) is 20.3. The standard InChI is InChI=1S/C41H63N7O10S/c1-6-7-8-9-10-11-12-21-59(55,56)47-34(25-49)41(54)48(5)37-30-14-16-36(58-20-18-43)32(24-30)31-22-29(13-15-35(31)57-19-17-42)23-33(39(52)44-26(2)28(4)50)46-38(51)27(3)45-40(37)53/h13-16,22,24,26-27,33-34,37,47,49H,6-12,17-21,23,25,42-43H2,1-5H3,(H,44,52)(H,45,53)(H,46,51)/t26-,27-,33-,34-,37-/m0/s1. The number of aliphatic hydroxyl groups is 1. The first-order valence-corrected chi connectivity index (χ1v) is 21.9. The van der Waals surface area contributed by atoms with E-state index in [0.717, 1.165) is 37.0 Å². The molecule has 4 amide bonds. The first kappa shape index (κ1) is 48.7. The number of sulfonamides is 1. The Morgan fingerprint density at radius 2 is 1.51 bits per heavy atom. The van der Waals surface area contributed by atoms with E-state index in [1.807, 2.05) is 0 Å². The fourth-order valence-electron chi connectivity index (χ4n) is 6.56. The molecule has 59 heavy (non-hydrogen) atoms. The summed E-state index contributed by atoms with van der Waals surface area (Å²) >= 11 is 0. The largest absolute Gasteiger partial charge is 0.492 e. The molecule has 3 rings (SSSR count). The van der Waals surface area contributed by atoms with Gasteiger partial charge in [0, 0.05) is 37.7 Å². The molecule has 9 N–H and O–H groups in total. The van der Waals surface area contributed by atoms with E-state index in [1.54, 1.807) is 36.4 Å². The summed E-state index contributed by atoms with van der Waals surface area (Å²) in [5.74, 6) is -2.96. The third kappa shape index (κ3) is 14.6. The molecule has 4 bridgehead atoms. The van der Waals surface area contributed by atoms with Gasteiger partial charge in [-0.2, -0.15) is 0 Å². The molecule has 0 radical (unpaired) electrons. The van der Waals surface area contributed by atoms with Crippen LogP contribution in [0.4, 0.5) is 0 Å². The summed E-state index contributed by atoms with van der Waals surface area (Å²) in [6, 6.07) is 3.47. The molecule has 328 valence electrons. The molecule has 1 heterocycles. The number of Topliss-reactive ketones (excluding diaryl/α,β-unsaturated/α-hetero) is 1. The molecule has 0 unspecified atom stereocenters. The van der Waals surface area contributed by atoms with Gasteiger partial charge in [-0.25, -0.2) is 13.1 Å². The number of nitrogens with one attached hydrogen (secondary N) is 4. The number of nitrogens with two attached hydrogens (primary N) is 2. The number of carbonyl (C=O) groups is 5. The van der Waals surface area contributed by atoms with Crippen molar-refractivity contribution in [1.82, 2.24) is 25.6 Å². The molecule has 0 spiro atoms. The molecule has 2 aromatic carbocycles. The summed E-state index contributed by atoms with van der Waals surface area (Å²) < 4.78 is 40.6. The average Bonchev–Trinajstić information content (AvgIpc) is 3.20. The molecule has 0 fully saturated rings. The number of hydrogen-bond donors (Lipinski definition) is 7. The number of nitrogens with zero attached hydrogens (tertiary/aromatic N) is 1. The normalized spacial score (nSPS) is 18.1. The summed E-state index contributed by atoms with van der Waals surface area (Å²) in [5, 5.41) is 18.3. The van der Waals surface area contributed by atoms with Crippen LogP contribution in [0.2, 0.25) is 0 Å². The second kappa shape index (κ2) is 23.8. The molecular weight excluding hydrogens is 783 g/mol. The highest BCUT2D eigenvalue weighted by molar-refractivity contribution is 7.89. The van der Waals surface area contributed by atoms with E-state index >= 15 is 0 Å². The van der Waals surface area contributed by atoms with Crippen LogP contribution >= 0.6 is 0 Å². The minimum absolute atomic E-state index is 0.0248. The maximum Gasteiger partial charge on any atom is 0.248 e. The summed E-state index contributed by atoms with van der Waals surface area (Å²) in [5.41, 5.74) is 13.3. The SMILES string of the molecule is CCCCCCCCCS(=O)(=O)N[C@@H](CO)C(=O)N(C)[C@@H]1C(=O)N[C@@H](C)C(=O)N[C@H](C(=O)N[C@@H](C)C(C)=O)Cc2ccc(OCCN)c(c2)-c2cc1ccc2OCCN. The lowest BCUT2D eigenvalue weighted by Crippen LogP contribution is -2.57. The number of amides is 4. The minimum atomic E-state index is -4.02. The Balaban J connectivity index is 2.14. The number of fused-ring (bicyclic) bond motifs is 5. The fraction of sp³-hybridized carbons (Fsp3) is 0.585. The second-order valence-corrected chi connectivity index (χ2v) is 16.7. The van der Waals surface area contributed by atoms with Crippen molar-refractivity contribution in [2.45, 2.75) is 109 Å². The molecule has 1 aliphatic rings. The highest BCUT2D eigenvalue weighted by Gasteiger charge is 2.36. The minimum Gasteiger partial charge on any atom is -0.492 e. The van der Waals surface area contributed by atoms with E-state index in [-0.39, 0.29) is 49.8 Å². The Morgan fingerprint density at radius 3 is 2.10 bits per heavy atom. The number of unbranched alkanes of at least 4 members (excludes halogenated alkanes) is 6. The van der Waals surface area contributed by atoms with Crippen LogP contribution in [0, 0.1) is 0 Å². The highest BCUT2D eigenvalue weighted by atomic mass is 32.2. The summed E-state index contributed by atoms with van der Waals surface area (Å²) in [6.45, 7) is 6.06. The van der Waals surface area contributed by atoms with Crippen LogP contribution in [0.15, 0.2) is 36.4 Å². The van der Waals surface area contributed by atoms with E-state index in [2.05, 4.69) is 27.6 Å². The van der Waals surface area contributed by atoms with Crippen molar-refractivity contribution in [2.24, 2.45) is 11.5 Å².